The normalized spacial score (nSPS) is 12.9. The first-order chi connectivity index (χ1) is 17.0. The zero-order chi connectivity index (χ0) is 28.1. The molecule has 0 aliphatic heterocycles. The Morgan fingerprint density at radius 1 is 0.750 bits per heavy atom. The Hall–Kier alpha value is -2.60. The van der Waals surface area contributed by atoms with Gasteiger partial charge in [0.25, 0.3) is 0 Å². The smallest absolute Gasteiger partial charge is 0.0111 e. The first kappa shape index (κ1) is 33.4. The largest absolute Gasteiger partial charge is 0.106 e. The Bertz CT molecular complexity index is 960. The summed E-state index contributed by atoms with van der Waals surface area (Å²) in [5.41, 5.74) is 9.21. The minimum atomic E-state index is 0.00946. The molecule has 0 heterocycles. The van der Waals surface area contributed by atoms with Crippen molar-refractivity contribution < 1.29 is 0 Å². The van der Waals surface area contributed by atoms with Gasteiger partial charge in [-0.15, -0.1) is 13.2 Å². The van der Waals surface area contributed by atoms with E-state index >= 15 is 0 Å². The molecule has 0 heteroatoms. The predicted octanol–water partition coefficient (Wildman–Crippen LogP) is 11.3. The maximum absolute atomic E-state index is 6.71. The molecule has 0 spiro atoms. The molecule has 2 radical (unpaired) electrons. The summed E-state index contributed by atoms with van der Waals surface area (Å²) in [5, 5.41) is 0. The van der Waals surface area contributed by atoms with Crippen LogP contribution in [0.15, 0.2) is 67.8 Å². The van der Waals surface area contributed by atoms with Crippen LogP contribution in [0.25, 0.3) is 11.1 Å². The summed E-state index contributed by atoms with van der Waals surface area (Å²) in [4.78, 5) is 0. The molecule has 2 aromatic rings. The van der Waals surface area contributed by atoms with Gasteiger partial charge < -0.3 is 0 Å². The fourth-order valence-electron chi connectivity index (χ4n) is 4.16. The minimum absolute atomic E-state index is 0.00946. The lowest BCUT2D eigenvalue weighted by Crippen LogP contribution is -2.20. The quantitative estimate of drug-likeness (QED) is 0.380. The van der Waals surface area contributed by atoms with Gasteiger partial charge in [0.1, 0.15) is 0 Å². The topological polar surface area (TPSA) is 0 Å². The molecule has 0 saturated heterocycles. The second-order valence-corrected chi connectivity index (χ2v) is 10.5. The Balaban J connectivity index is 0.00000190. The second-order valence-electron chi connectivity index (χ2n) is 10.5. The van der Waals surface area contributed by atoms with Crippen LogP contribution < -0.4 is 0 Å². The van der Waals surface area contributed by atoms with Gasteiger partial charge in [-0.3, -0.25) is 0 Å². The third kappa shape index (κ3) is 9.12. The van der Waals surface area contributed by atoms with Crippen LogP contribution in [0, 0.1) is 13.5 Å². The highest BCUT2D eigenvalue weighted by molar-refractivity contribution is 5.81. The number of benzene rings is 2. The summed E-state index contributed by atoms with van der Waals surface area (Å²) in [5.74, 6) is 0. The molecule has 3 rings (SSSR count). The molecule has 0 N–H and O–H groups in total. The maximum Gasteiger partial charge on any atom is -0.0111 e. The predicted molar refractivity (Wildman–Crippen MR) is 166 cm³/mol. The van der Waals surface area contributed by atoms with Crippen LogP contribution in [0.3, 0.4) is 0 Å². The third-order valence-electron chi connectivity index (χ3n) is 5.94. The zero-order valence-corrected chi connectivity index (χ0v) is 25.0. The van der Waals surface area contributed by atoms with E-state index in [-0.39, 0.29) is 10.8 Å². The van der Waals surface area contributed by atoms with Gasteiger partial charge in [-0.2, -0.15) is 0 Å². The summed E-state index contributed by atoms with van der Waals surface area (Å²) in [7, 11) is 0. The first-order valence-corrected chi connectivity index (χ1v) is 13.6. The van der Waals surface area contributed by atoms with E-state index in [1.807, 2.05) is 27.7 Å². The van der Waals surface area contributed by atoms with E-state index in [1.165, 1.54) is 28.7 Å². The molecule has 1 aliphatic rings. The molecule has 0 bridgehead atoms. The van der Waals surface area contributed by atoms with E-state index < -0.39 is 0 Å². The molecule has 0 nitrogen and oxygen atoms in total. The lowest BCUT2D eigenvalue weighted by atomic mass is 9.75. The Kier molecular flexibility index (Phi) is 14.4. The van der Waals surface area contributed by atoms with Crippen LogP contribution in [0.5, 0.6) is 0 Å². The van der Waals surface area contributed by atoms with Crippen molar-refractivity contribution >= 4 is 11.1 Å². The molecular weight excluding hydrogens is 432 g/mol. The van der Waals surface area contributed by atoms with Gasteiger partial charge in [0.2, 0.25) is 0 Å². The summed E-state index contributed by atoms with van der Waals surface area (Å²) in [6.07, 6.45) is 10.4. The van der Waals surface area contributed by atoms with E-state index in [2.05, 4.69) is 116 Å². The maximum atomic E-state index is 6.71. The van der Waals surface area contributed by atoms with Crippen LogP contribution in [-0.2, 0) is 10.8 Å². The molecule has 0 atom stereocenters. The highest BCUT2D eigenvalue weighted by Crippen LogP contribution is 2.37. The van der Waals surface area contributed by atoms with E-state index in [0.717, 1.165) is 35.1 Å². The zero-order valence-electron chi connectivity index (χ0n) is 25.0. The highest BCUT2D eigenvalue weighted by Gasteiger charge is 2.25. The minimum Gasteiger partial charge on any atom is -0.106 e. The van der Waals surface area contributed by atoms with Crippen molar-refractivity contribution in [1.29, 1.82) is 0 Å². The lowest BCUT2D eigenvalue weighted by molar-refractivity contribution is 0.564. The summed E-state index contributed by atoms with van der Waals surface area (Å²) in [6.45, 7) is 38.6. The monoisotopic (exact) mass is 484 g/mol. The Labute approximate surface area is 225 Å². The molecule has 0 unspecified atom stereocenters. The molecule has 0 fully saturated rings. The molecule has 1 aliphatic carbocycles. The second kappa shape index (κ2) is 15.5. The third-order valence-corrected chi connectivity index (χ3v) is 5.94. The van der Waals surface area contributed by atoms with Crippen LogP contribution in [0.1, 0.15) is 122 Å². The number of hydrogen-bond acceptors (Lipinski definition) is 0. The van der Waals surface area contributed by atoms with Crippen molar-refractivity contribution in [3.8, 4) is 0 Å². The van der Waals surface area contributed by atoms with Gasteiger partial charge in [0.05, 0.1) is 0 Å². The van der Waals surface area contributed by atoms with Crippen LogP contribution in [0.4, 0.5) is 0 Å². The van der Waals surface area contributed by atoms with Crippen LogP contribution in [0.2, 0.25) is 0 Å². The number of hydrogen-bond donors (Lipinski definition) is 0. The van der Waals surface area contributed by atoms with Gasteiger partial charge in [0.15, 0.2) is 0 Å². The highest BCUT2D eigenvalue weighted by atomic mass is 14.3. The van der Waals surface area contributed by atoms with Gasteiger partial charge >= 0.3 is 0 Å². The molecule has 196 valence electrons. The lowest BCUT2D eigenvalue weighted by Gasteiger charge is -2.30. The molecular formula is C36H52. The van der Waals surface area contributed by atoms with E-state index in [0.29, 0.717) is 0 Å². The van der Waals surface area contributed by atoms with Crippen molar-refractivity contribution in [1.82, 2.24) is 0 Å². The summed E-state index contributed by atoms with van der Waals surface area (Å²) < 4.78 is 0. The first-order valence-electron chi connectivity index (χ1n) is 13.6. The van der Waals surface area contributed by atoms with Gasteiger partial charge in [-0.1, -0.05) is 130 Å². The SMILES string of the molecule is C=C.CC.CC.[CH]=C(c1ccc(C2=CCCCC=C2)cc1)c1cc(C(C)(C)C)c([CH2])c(C(C)(C)C)c1. The summed E-state index contributed by atoms with van der Waals surface area (Å²) >= 11 is 0. The number of allylic oxidation sites excluding steroid dienone is 4. The van der Waals surface area contributed by atoms with Crippen molar-refractivity contribution in [3.05, 3.63) is 115 Å². The molecule has 0 amide bonds. The van der Waals surface area contributed by atoms with Crippen LogP contribution >= 0.6 is 0 Å². The Morgan fingerprint density at radius 2 is 1.22 bits per heavy atom. The van der Waals surface area contributed by atoms with Crippen molar-refractivity contribution in [2.45, 2.75) is 99.3 Å². The van der Waals surface area contributed by atoms with Crippen LogP contribution in [-0.4, -0.2) is 0 Å². The molecule has 0 saturated carbocycles. The molecule has 2 aromatic carbocycles. The number of rotatable bonds is 3. The Morgan fingerprint density at radius 3 is 1.67 bits per heavy atom. The van der Waals surface area contributed by atoms with Crippen molar-refractivity contribution in [2.24, 2.45) is 0 Å². The van der Waals surface area contributed by atoms with E-state index in [1.54, 1.807) is 0 Å². The van der Waals surface area contributed by atoms with E-state index in [9.17, 15) is 0 Å². The van der Waals surface area contributed by atoms with Gasteiger partial charge in [-0.05, 0) is 81.5 Å². The molecule has 0 aromatic heterocycles. The van der Waals surface area contributed by atoms with Gasteiger partial charge in [-0.25, -0.2) is 0 Å². The fraction of sp³-hybridized carbons (Fsp3) is 0.417. The standard InChI is InChI=1S/C30H36.2C2H6.C2H4/c1-21(23-15-17-25(18-16-23)24-13-11-9-10-12-14-24)26-19-27(29(3,4)5)22(2)28(20-26)30(6,7)8;3*1-2/h1,11,13-20H,2,9-10,12H2,3-8H3;2*1-2H3;1-2H2. The average molecular weight is 485 g/mol. The van der Waals surface area contributed by atoms with Crippen molar-refractivity contribution in [3.63, 3.8) is 0 Å². The average Bonchev–Trinajstić information content (AvgIpc) is 3.16. The fourth-order valence-corrected chi connectivity index (χ4v) is 4.16. The molecule has 36 heavy (non-hydrogen) atoms. The van der Waals surface area contributed by atoms with Crippen molar-refractivity contribution in [2.75, 3.05) is 0 Å². The van der Waals surface area contributed by atoms with Gasteiger partial charge in [0, 0.05) is 0 Å². The summed E-state index contributed by atoms with van der Waals surface area (Å²) in [6, 6.07) is 13.1. The van der Waals surface area contributed by atoms with E-state index in [4.69, 9.17) is 6.58 Å².